The minimum atomic E-state index is 0.263. The van der Waals surface area contributed by atoms with Gasteiger partial charge < -0.3 is 0 Å². The molecule has 0 aliphatic heterocycles. The topological polar surface area (TPSA) is 12.9 Å². The van der Waals surface area contributed by atoms with Gasteiger partial charge in [0.2, 0.25) is 0 Å². The Balaban J connectivity index is 2.95. The maximum Gasteiger partial charge on any atom is 0.115 e. The van der Waals surface area contributed by atoms with E-state index in [4.69, 9.17) is 0 Å². The van der Waals surface area contributed by atoms with Gasteiger partial charge in [-0.15, -0.1) is 11.3 Å². The highest BCUT2D eigenvalue weighted by Crippen LogP contribution is 2.31. The third-order valence-electron chi connectivity index (χ3n) is 2.25. The van der Waals surface area contributed by atoms with Gasteiger partial charge in [-0.2, -0.15) is 0 Å². The van der Waals surface area contributed by atoms with Crippen molar-refractivity contribution in [3.05, 3.63) is 22.7 Å². The van der Waals surface area contributed by atoms with Gasteiger partial charge in [-0.1, -0.05) is 27.4 Å². The highest BCUT2D eigenvalue weighted by molar-refractivity contribution is 7.12. The van der Waals surface area contributed by atoms with Crippen LogP contribution in [0.15, 0.2) is 12.8 Å². The second kappa shape index (κ2) is 3.40. The van der Waals surface area contributed by atoms with Crippen LogP contribution in [-0.4, -0.2) is 4.98 Å². The van der Waals surface area contributed by atoms with Gasteiger partial charge in [0, 0.05) is 16.5 Å². The molecule has 0 aliphatic carbocycles. The van der Waals surface area contributed by atoms with Crippen molar-refractivity contribution < 1.29 is 0 Å². The Kier molecular flexibility index (Phi) is 2.68. The molecule has 0 spiro atoms. The first-order valence-corrected chi connectivity index (χ1v) is 5.00. The van der Waals surface area contributed by atoms with Gasteiger partial charge in [0.15, 0.2) is 0 Å². The maximum atomic E-state index is 4.25. The summed E-state index contributed by atoms with van der Waals surface area (Å²) in [6.07, 6.45) is 4.91. The summed E-state index contributed by atoms with van der Waals surface area (Å²) in [5, 5.41) is 1.02. The lowest BCUT2D eigenvalue weighted by Crippen LogP contribution is -2.12. The van der Waals surface area contributed by atoms with Crippen molar-refractivity contribution >= 4 is 17.4 Å². The van der Waals surface area contributed by atoms with E-state index < -0.39 is 0 Å². The first-order valence-electron chi connectivity index (χ1n) is 4.19. The highest BCUT2D eigenvalue weighted by atomic mass is 32.1. The second-order valence-electron chi connectivity index (χ2n) is 3.50. The van der Waals surface area contributed by atoms with Crippen LogP contribution in [0.5, 0.6) is 0 Å². The number of thiazole rings is 1. The van der Waals surface area contributed by atoms with Crippen molar-refractivity contribution in [3.63, 3.8) is 0 Å². The second-order valence-corrected chi connectivity index (χ2v) is 4.57. The first kappa shape index (κ1) is 9.46. The third-order valence-corrected chi connectivity index (χ3v) is 3.61. The minimum Gasteiger partial charge on any atom is -0.245 e. The number of nitrogens with zero attached hydrogens (tertiary/aromatic N) is 1. The minimum absolute atomic E-state index is 0.263. The summed E-state index contributed by atoms with van der Waals surface area (Å²) in [6, 6.07) is 0. The van der Waals surface area contributed by atoms with Crippen molar-refractivity contribution in [2.75, 3.05) is 0 Å². The number of hydrogen-bond acceptors (Lipinski definition) is 2. The summed E-state index contributed by atoms with van der Waals surface area (Å²) in [5.74, 6) is 0. The van der Waals surface area contributed by atoms with Crippen LogP contribution in [0.4, 0.5) is 0 Å². The molecular formula is C10H15NS. The van der Waals surface area contributed by atoms with Gasteiger partial charge in [-0.25, -0.2) is 4.98 Å². The first-order chi connectivity index (χ1) is 5.60. The number of hydrogen-bond donors (Lipinski definition) is 0. The van der Waals surface area contributed by atoms with Gasteiger partial charge in [0.1, 0.15) is 5.01 Å². The number of rotatable bonds is 3. The van der Waals surface area contributed by atoms with Crippen molar-refractivity contribution in [1.29, 1.82) is 0 Å². The molecule has 1 heterocycles. The van der Waals surface area contributed by atoms with Gasteiger partial charge >= 0.3 is 0 Å². The van der Waals surface area contributed by atoms with Crippen molar-refractivity contribution in [1.82, 2.24) is 4.98 Å². The molecule has 0 fully saturated rings. The van der Waals surface area contributed by atoms with Gasteiger partial charge in [0.25, 0.3) is 0 Å². The van der Waals surface area contributed by atoms with Gasteiger partial charge in [-0.3, -0.25) is 0 Å². The fraction of sp³-hybridized carbons (Fsp3) is 0.500. The van der Waals surface area contributed by atoms with E-state index in [0.29, 0.717) is 0 Å². The normalized spacial score (nSPS) is 11.6. The Morgan fingerprint density at radius 3 is 2.75 bits per heavy atom. The van der Waals surface area contributed by atoms with Gasteiger partial charge in [0.05, 0.1) is 0 Å². The molecule has 0 radical (unpaired) electrons. The zero-order chi connectivity index (χ0) is 9.19. The van der Waals surface area contributed by atoms with E-state index in [9.17, 15) is 0 Å². The van der Waals surface area contributed by atoms with E-state index >= 15 is 0 Å². The van der Waals surface area contributed by atoms with E-state index in [1.807, 2.05) is 6.20 Å². The summed E-state index contributed by atoms with van der Waals surface area (Å²) in [5.41, 5.74) is 0.263. The Bertz CT molecular complexity index is 273. The molecule has 66 valence electrons. The SMILES string of the molecule is C=Cc1ncc(C(C)(C)CC)s1. The number of aromatic nitrogens is 1. The molecule has 0 saturated heterocycles. The fourth-order valence-electron chi connectivity index (χ4n) is 0.869. The van der Waals surface area contributed by atoms with Crippen LogP contribution >= 0.6 is 11.3 Å². The van der Waals surface area contributed by atoms with Gasteiger partial charge in [-0.05, 0) is 12.5 Å². The average molecular weight is 181 g/mol. The molecule has 0 amide bonds. The molecule has 12 heavy (non-hydrogen) atoms. The van der Waals surface area contributed by atoms with Crippen LogP contribution in [0.2, 0.25) is 0 Å². The standard InChI is InChI=1S/C10H15NS/c1-5-9-11-7-8(12-9)10(3,4)6-2/h5,7H,1,6H2,2-4H3. The molecule has 0 N–H and O–H groups in total. The smallest absolute Gasteiger partial charge is 0.115 e. The lowest BCUT2D eigenvalue weighted by atomic mass is 9.89. The predicted octanol–water partition coefficient (Wildman–Crippen LogP) is 3.47. The Morgan fingerprint density at radius 2 is 2.33 bits per heavy atom. The van der Waals surface area contributed by atoms with Crippen LogP contribution in [0, 0.1) is 0 Å². The van der Waals surface area contributed by atoms with Crippen LogP contribution in [-0.2, 0) is 5.41 Å². The molecule has 0 unspecified atom stereocenters. The van der Waals surface area contributed by atoms with E-state index in [-0.39, 0.29) is 5.41 Å². The van der Waals surface area contributed by atoms with E-state index in [1.54, 1.807) is 17.4 Å². The summed E-state index contributed by atoms with van der Waals surface area (Å²) in [6.45, 7) is 10.4. The maximum absolute atomic E-state index is 4.25. The molecule has 2 heteroatoms. The van der Waals surface area contributed by atoms with Crippen molar-refractivity contribution in [2.45, 2.75) is 32.6 Å². The molecule has 1 aromatic heterocycles. The zero-order valence-electron chi connectivity index (χ0n) is 7.92. The monoisotopic (exact) mass is 181 g/mol. The summed E-state index contributed by atoms with van der Waals surface area (Å²) in [4.78, 5) is 5.60. The molecule has 0 aromatic carbocycles. The molecule has 0 aliphatic rings. The predicted molar refractivity (Wildman–Crippen MR) is 55.5 cm³/mol. The van der Waals surface area contributed by atoms with Crippen LogP contribution in [0.3, 0.4) is 0 Å². The fourth-order valence-corrected chi connectivity index (χ4v) is 1.81. The molecule has 1 aromatic rings. The average Bonchev–Trinajstić information content (AvgIpc) is 2.52. The lowest BCUT2D eigenvalue weighted by Gasteiger charge is -2.19. The van der Waals surface area contributed by atoms with Crippen LogP contribution in [0.1, 0.15) is 37.1 Å². The third kappa shape index (κ3) is 1.75. The Morgan fingerprint density at radius 1 is 1.67 bits per heavy atom. The van der Waals surface area contributed by atoms with E-state index in [1.165, 1.54) is 4.88 Å². The largest absolute Gasteiger partial charge is 0.245 e. The van der Waals surface area contributed by atoms with E-state index in [2.05, 4.69) is 32.3 Å². The Hall–Kier alpha value is -0.630. The molecule has 0 saturated carbocycles. The molecular weight excluding hydrogens is 166 g/mol. The zero-order valence-corrected chi connectivity index (χ0v) is 8.74. The van der Waals surface area contributed by atoms with Crippen LogP contribution in [0.25, 0.3) is 6.08 Å². The molecule has 1 rings (SSSR count). The molecule has 1 nitrogen and oxygen atoms in total. The summed E-state index contributed by atoms with van der Waals surface area (Å²) >= 11 is 1.74. The molecule has 0 bridgehead atoms. The highest BCUT2D eigenvalue weighted by Gasteiger charge is 2.20. The summed E-state index contributed by atoms with van der Waals surface area (Å²) in [7, 11) is 0. The van der Waals surface area contributed by atoms with Crippen molar-refractivity contribution in [3.8, 4) is 0 Å². The van der Waals surface area contributed by atoms with Crippen LogP contribution < -0.4 is 0 Å². The quantitative estimate of drug-likeness (QED) is 0.695. The summed E-state index contributed by atoms with van der Waals surface area (Å²) < 4.78 is 0. The van der Waals surface area contributed by atoms with Crippen molar-refractivity contribution in [2.24, 2.45) is 0 Å². The lowest BCUT2D eigenvalue weighted by molar-refractivity contribution is 0.516. The molecule has 0 atom stereocenters. The Labute approximate surface area is 78.2 Å². The van der Waals surface area contributed by atoms with E-state index in [0.717, 1.165) is 11.4 Å².